The Morgan fingerprint density at radius 2 is 1.43 bits per heavy atom. The van der Waals surface area contributed by atoms with Crippen molar-refractivity contribution in [1.82, 2.24) is 0 Å². The topological polar surface area (TPSA) is 212 Å². The standard InChI is InChI=1S/C42H72O16/c1-19-17-41(12,49)37(47)24(6)35(54-28(10)44)23(5)34(21(3)26(8)43)57-39(48)25(7)36(22(4)33(19)58-40-32(46)30(50-14)16-20(2)52-40)56-31-18-42(13,51-15)38(27(9)53-31)55-29(11)45/h19-27,30-36,38,40,43,46,49H,16-18H2,1-15H3/t19?,20?,21?,22?,23?,24?,25?,26?,27?,30?,31?,32?,33?,34?,35?,36?,38?,40?,41-,42+/m0/s1. The predicted octanol–water partition coefficient (Wildman–Crippen LogP) is 3.50. The molecule has 0 aliphatic carbocycles. The third-order valence-corrected chi connectivity index (χ3v) is 12.7. The second kappa shape index (κ2) is 20.5. The van der Waals surface area contributed by atoms with Crippen molar-refractivity contribution in [2.45, 2.75) is 194 Å². The molecule has 3 aliphatic rings. The van der Waals surface area contributed by atoms with Crippen molar-refractivity contribution >= 4 is 23.7 Å². The summed E-state index contributed by atoms with van der Waals surface area (Å²) in [6.45, 7) is 20.9. The number of Topliss-reactive ketones (excluding diaryl/α,β-unsaturated/α-hetero) is 1. The van der Waals surface area contributed by atoms with Gasteiger partial charge in [-0.05, 0) is 53.9 Å². The second-order valence-corrected chi connectivity index (χ2v) is 17.7. The Hall–Kier alpha value is -2.28. The van der Waals surface area contributed by atoms with E-state index < -0.39 is 138 Å². The van der Waals surface area contributed by atoms with E-state index in [1.165, 1.54) is 35.0 Å². The number of esters is 3. The number of aliphatic hydroxyl groups is 3. The molecule has 0 saturated carbocycles. The van der Waals surface area contributed by atoms with Gasteiger partial charge in [0.1, 0.15) is 29.5 Å². The lowest BCUT2D eigenvalue weighted by Crippen LogP contribution is -2.59. The van der Waals surface area contributed by atoms with Crippen molar-refractivity contribution in [3.63, 3.8) is 0 Å². The maximum Gasteiger partial charge on any atom is 0.311 e. The van der Waals surface area contributed by atoms with Crippen molar-refractivity contribution in [2.24, 2.45) is 35.5 Å². The molecule has 0 aromatic heterocycles. The van der Waals surface area contributed by atoms with Gasteiger partial charge in [0, 0.05) is 58.7 Å². The second-order valence-electron chi connectivity index (χ2n) is 17.7. The minimum absolute atomic E-state index is 0.0826. The highest BCUT2D eigenvalue weighted by molar-refractivity contribution is 5.89. The van der Waals surface area contributed by atoms with Gasteiger partial charge in [0.05, 0.1) is 48.5 Å². The molecule has 3 aliphatic heterocycles. The van der Waals surface area contributed by atoms with E-state index >= 15 is 0 Å². The Labute approximate surface area is 344 Å². The van der Waals surface area contributed by atoms with E-state index in [0.717, 1.165) is 0 Å². The van der Waals surface area contributed by atoms with Crippen LogP contribution in [0.25, 0.3) is 0 Å². The number of ketones is 1. The van der Waals surface area contributed by atoms with Crippen LogP contribution in [-0.2, 0) is 61.8 Å². The van der Waals surface area contributed by atoms with Gasteiger partial charge in [-0.25, -0.2) is 0 Å². The number of methoxy groups -OCH3 is 2. The summed E-state index contributed by atoms with van der Waals surface area (Å²) < 4.78 is 55.0. The molecule has 3 saturated heterocycles. The first-order valence-electron chi connectivity index (χ1n) is 20.7. The van der Waals surface area contributed by atoms with E-state index in [9.17, 15) is 34.5 Å². The molecule has 0 aromatic rings. The molecule has 3 fully saturated rings. The smallest absolute Gasteiger partial charge is 0.311 e. The fourth-order valence-corrected chi connectivity index (χ4v) is 9.20. The van der Waals surface area contributed by atoms with Gasteiger partial charge in [0.15, 0.2) is 24.5 Å². The SMILES string of the molecule is COC1CC(C)OC(OC2C(C)C[C@](C)(O)C(=O)C(C)C(OC(C)=O)C(C)C(C(C)C(C)O)OC(=O)C(C)C(OC3C[C@@](C)(OC)C(OC(C)=O)C(C)O3)C2C)C1O. The van der Waals surface area contributed by atoms with Crippen LogP contribution in [0.15, 0.2) is 0 Å². The first-order chi connectivity index (χ1) is 26.8. The summed E-state index contributed by atoms with van der Waals surface area (Å²) in [5.74, 6) is -7.59. The van der Waals surface area contributed by atoms with Gasteiger partial charge < -0.3 is 58.0 Å². The first kappa shape index (κ1) is 50.1. The Bertz CT molecular complexity index is 1390. The van der Waals surface area contributed by atoms with Gasteiger partial charge in [-0.2, -0.15) is 0 Å². The third-order valence-electron chi connectivity index (χ3n) is 12.7. The fraction of sp³-hybridized carbons (Fsp3) is 0.905. The molecule has 20 atom stereocenters. The van der Waals surface area contributed by atoms with E-state index in [0.29, 0.717) is 6.42 Å². The average Bonchev–Trinajstić information content (AvgIpc) is 3.13. The van der Waals surface area contributed by atoms with Crippen LogP contribution in [0.3, 0.4) is 0 Å². The molecule has 336 valence electrons. The summed E-state index contributed by atoms with van der Waals surface area (Å²) in [4.78, 5) is 53.5. The highest BCUT2D eigenvalue weighted by atomic mass is 16.7. The molecule has 3 rings (SSSR count). The molecule has 0 bridgehead atoms. The molecule has 0 radical (unpaired) electrons. The summed E-state index contributed by atoms with van der Waals surface area (Å²) in [5.41, 5.74) is -3.06. The Morgan fingerprint density at radius 3 is 1.97 bits per heavy atom. The summed E-state index contributed by atoms with van der Waals surface area (Å²) in [7, 11) is 2.98. The van der Waals surface area contributed by atoms with Crippen molar-refractivity contribution < 1.29 is 77.1 Å². The number of hydrogen-bond acceptors (Lipinski definition) is 16. The molecule has 0 amide bonds. The molecule has 3 heterocycles. The molecule has 16 nitrogen and oxygen atoms in total. The van der Waals surface area contributed by atoms with Crippen molar-refractivity contribution in [2.75, 3.05) is 14.2 Å². The Balaban J connectivity index is 2.24. The van der Waals surface area contributed by atoms with E-state index in [4.69, 9.17) is 42.6 Å². The number of rotatable bonds is 10. The number of cyclic esters (lactones) is 1. The number of ether oxygens (including phenoxy) is 9. The van der Waals surface area contributed by atoms with Crippen LogP contribution in [-0.4, -0.2) is 138 Å². The van der Waals surface area contributed by atoms with Crippen LogP contribution >= 0.6 is 0 Å². The van der Waals surface area contributed by atoms with Gasteiger partial charge in [0.2, 0.25) is 0 Å². The lowest BCUT2D eigenvalue weighted by Gasteiger charge is -2.48. The van der Waals surface area contributed by atoms with Crippen LogP contribution in [0.2, 0.25) is 0 Å². The normalized spacial score (nSPS) is 44.7. The van der Waals surface area contributed by atoms with Crippen LogP contribution < -0.4 is 0 Å². The molecule has 58 heavy (non-hydrogen) atoms. The van der Waals surface area contributed by atoms with Gasteiger partial charge >= 0.3 is 17.9 Å². The number of aliphatic hydroxyl groups excluding tert-OH is 2. The molecular formula is C42H72O16. The minimum atomic E-state index is -1.99. The van der Waals surface area contributed by atoms with Crippen molar-refractivity contribution in [1.29, 1.82) is 0 Å². The zero-order valence-corrected chi connectivity index (χ0v) is 37.2. The first-order valence-corrected chi connectivity index (χ1v) is 20.7. The molecular weight excluding hydrogens is 760 g/mol. The maximum atomic E-state index is 14.6. The van der Waals surface area contributed by atoms with E-state index in [-0.39, 0.29) is 18.9 Å². The minimum Gasteiger partial charge on any atom is -0.461 e. The highest BCUT2D eigenvalue weighted by Crippen LogP contribution is 2.41. The summed E-state index contributed by atoms with van der Waals surface area (Å²) >= 11 is 0. The van der Waals surface area contributed by atoms with Gasteiger partial charge in [-0.1, -0.05) is 34.6 Å². The lowest BCUT2D eigenvalue weighted by atomic mass is 9.74. The zero-order chi connectivity index (χ0) is 44.2. The zero-order valence-electron chi connectivity index (χ0n) is 37.2. The van der Waals surface area contributed by atoms with Gasteiger partial charge in [-0.3, -0.25) is 19.2 Å². The maximum absolute atomic E-state index is 14.6. The molecule has 3 N–H and O–H groups in total. The number of hydrogen-bond donors (Lipinski definition) is 3. The van der Waals surface area contributed by atoms with Gasteiger partial charge in [0.25, 0.3) is 0 Å². The molecule has 0 spiro atoms. The monoisotopic (exact) mass is 832 g/mol. The van der Waals surface area contributed by atoms with Crippen LogP contribution in [0.4, 0.5) is 0 Å². The summed E-state index contributed by atoms with van der Waals surface area (Å²) in [5, 5.41) is 34.2. The molecule has 18 unspecified atom stereocenters. The van der Waals surface area contributed by atoms with E-state index in [1.807, 2.05) is 6.92 Å². The van der Waals surface area contributed by atoms with Crippen molar-refractivity contribution in [3.05, 3.63) is 0 Å². The van der Waals surface area contributed by atoms with E-state index in [2.05, 4.69) is 0 Å². The Morgan fingerprint density at radius 1 is 0.828 bits per heavy atom. The quantitative estimate of drug-likeness (QED) is 0.212. The van der Waals surface area contributed by atoms with Crippen LogP contribution in [0.5, 0.6) is 0 Å². The van der Waals surface area contributed by atoms with Gasteiger partial charge in [-0.15, -0.1) is 0 Å². The summed E-state index contributed by atoms with van der Waals surface area (Å²) in [6.07, 6.45) is -10.8. The Kier molecular flexibility index (Phi) is 17.7. The number of carbonyl (C=O) groups is 4. The lowest BCUT2D eigenvalue weighted by molar-refractivity contribution is -0.313. The molecule has 16 heteroatoms. The average molecular weight is 833 g/mol. The fourth-order valence-electron chi connectivity index (χ4n) is 9.20. The third kappa shape index (κ3) is 11.8. The molecule has 0 aromatic carbocycles. The largest absolute Gasteiger partial charge is 0.461 e. The number of carbonyl (C=O) groups excluding carboxylic acids is 4. The van der Waals surface area contributed by atoms with E-state index in [1.54, 1.807) is 62.3 Å². The van der Waals surface area contributed by atoms with Crippen LogP contribution in [0, 0.1) is 35.5 Å². The van der Waals surface area contributed by atoms with Crippen LogP contribution in [0.1, 0.15) is 109 Å². The highest BCUT2D eigenvalue weighted by Gasteiger charge is 2.53. The van der Waals surface area contributed by atoms with Crippen molar-refractivity contribution in [3.8, 4) is 0 Å². The summed E-state index contributed by atoms with van der Waals surface area (Å²) in [6, 6.07) is 0. The predicted molar refractivity (Wildman–Crippen MR) is 208 cm³/mol.